The molecule has 1 aromatic carbocycles. The molecule has 0 spiro atoms. The van der Waals surface area contributed by atoms with Crippen LogP contribution in [0.1, 0.15) is 31.4 Å². The quantitative estimate of drug-likeness (QED) is 0.529. The van der Waals surface area contributed by atoms with Crippen LogP contribution in [0.4, 0.5) is 22.0 Å². The number of thiophene rings is 1. The summed E-state index contributed by atoms with van der Waals surface area (Å²) < 4.78 is 68.6. The largest absolute Gasteiger partial charge is 0.419 e. The van der Waals surface area contributed by atoms with Crippen molar-refractivity contribution in [2.24, 2.45) is 0 Å². The van der Waals surface area contributed by atoms with E-state index in [4.69, 9.17) is 0 Å². The molecule has 1 fully saturated rings. The number of halogens is 5. The summed E-state index contributed by atoms with van der Waals surface area (Å²) in [6.07, 6.45) is -4.52. The highest BCUT2D eigenvalue weighted by atomic mass is 32.1. The minimum absolute atomic E-state index is 0.0157. The maximum absolute atomic E-state index is 13.8. The Hall–Kier alpha value is -2.79. The van der Waals surface area contributed by atoms with E-state index in [1.165, 1.54) is 30.3 Å². The van der Waals surface area contributed by atoms with Crippen molar-refractivity contribution >= 4 is 27.3 Å². The predicted octanol–water partition coefficient (Wildman–Crippen LogP) is 4.69. The molecule has 1 unspecified atom stereocenters. The van der Waals surface area contributed by atoms with Gasteiger partial charge in [-0.3, -0.25) is 9.59 Å². The number of benzene rings is 1. The number of amides is 1. The average molecular weight is 500 g/mol. The lowest BCUT2D eigenvalue weighted by Crippen LogP contribution is -2.36. The van der Waals surface area contributed by atoms with Gasteiger partial charge in [0.2, 0.25) is 5.91 Å². The number of fused-ring (bicyclic) bond motifs is 1. The summed E-state index contributed by atoms with van der Waals surface area (Å²) >= 11 is 1.05. The minimum atomic E-state index is -4.93. The van der Waals surface area contributed by atoms with E-state index in [2.05, 4.69) is 0 Å². The smallest absolute Gasteiger partial charge is 0.386 e. The molecule has 1 aliphatic rings. The number of aliphatic hydroxyl groups is 1. The van der Waals surface area contributed by atoms with E-state index in [0.717, 1.165) is 22.0 Å². The summed E-state index contributed by atoms with van der Waals surface area (Å²) in [4.78, 5) is 27.3. The Balaban J connectivity index is 1.89. The zero-order valence-corrected chi connectivity index (χ0v) is 19.1. The topological polar surface area (TPSA) is 62.5 Å². The molecular formula is C23H21F5N2O3S. The number of nitrogens with zero attached hydrogens (tertiary/aromatic N) is 2. The van der Waals surface area contributed by atoms with Crippen LogP contribution < -0.4 is 5.56 Å². The van der Waals surface area contributed by atoms with Gasteiger partial charge in [0.25, 0.3) is 5.56 Å². The van der Waals surface area contributed by atoms with Crippen LogP contribution in [0.15, 0.2) is 34.6 Å². The molecule has 0 aliphatic carbocycles. The molecule has 1 N–H and O–H groups in total. The number of aromatic nitrogens is 1. The highest BCUT2D eigenvalue weighted by Crippen LogP contribution is 2.40. The molecule has 4 rings (SSSR count). The van der Waals surface area contributed by atoms with E-state index < -0.39 is 47.3 Å². The van der Waals surface area contributed by atoms with Gasteiger partial charge in [-0.05, 0) is 38.0 Å². The molecule has 34 heavy (non-hydrogen) atoms. The first-order valence-corrected chi connectivity index (χ1v) is 11.3. The van der Waals surface area contributed by atoms with Crippen LogP contribution in [0.5, 0.6) is 0 Å². The van der Waals surface area contributed by atoms with E-state index in [9.17, 15) is 36.6 Å². The molecule has 182 valence electrons. The molecule has 1 aliphatic heterocycles. The molecule has 1 atom stereocenters. The third-order valence-corrected chi connectivity index (χ3v) is 6.84. The normalized spacial score (nSPS) is 17.1. The number of rotatable bonds is 4. The second-order valence-electron chi connectivity index (χ2n) is 8.81. The van der Waals surface area contributed by atoms with Gasteiger partial charge in [0.05, 0.1) is 23.1 Å². The Morgan fingerprint density at radius 3 is 2.53 bits per heavy atom. The molecule has 1 amide bonds. The number of carbonyl (C=O) groups is 1. The summed E-state index contributed by atoms with van der Waals surface area (Å²) in [7, 11) is 0. The van der Waals surface area contributed by atoms with Crippen molar-refractivity contribution in [1.82, 2.24) is 9.47 Å². The standard InChI is InChI=1S/C23H21F5N2O3S/c1-22(2,33)16-9-30(10-18(31)29-6-5-13(24)8-29)21(32)19-14(11-34-20(16)19)12-3-4-17(25)15(7-12)23(26,27)28/h3-4,7,9,11,13,33H,5-6,8,10H2,1-2H3. The van der Waals surface area contributed by atoms with Crippen molar-refractivity contribution in [3.05, 3.63) is 57.1 Å². The van der Waals surface area contributed by atoms with Crippen molar-refractivity contribution in [2.75, 3.05) is 13.1 Å². The number of hydrogen-bond acceptors (Lipinski definition) is 4. The number of likely N-dealkylation sites (tertiary alicyclic amines) is 1. The monoisotopic (exact) mass is 500 g/mol. The van der Waals surface area contributed by atoms with Gasteiger partial charge in [-0.15, -0.1) is 11.3 Å². The Labute approximate surface area is 195 Å². The zero-order chi connectivity index (χ0) is 25.0. The van der Waals surface area contributed by atoms with Gasteiger partial charge in [-0.2, -0.15) is 13.2 Å². The maximum Gasteiger partial charge on any atom is 0.419 e. The molecule has 0 radical (unpaired) electrons. The van der Waals surface area contributed by atoms with Crippen molar-refractivity contribution in [1.29, 1.82) is 0 Å². The fourth-order valence-electron chi connectivity index (χ4n) is 4.05. The second kappa shape index (κ2) is 8.46. The lowest BCUT2D eigenvalue weighted by Gasteiger charge is -2.22. The molecule has 11 heteroatoms. The highest BCUT2D eigenvalue weighted by Gasteiger charge is 2.35. The molecule has 3 aromatic rings. The van der Waals surface area contributed by atoms with Gasteiger partial charge >= 0.3 is 6.18 Å². The first-order valence-electron chi connectivity index (χ1n) is 10.4. The molecule has 2 aromatic heterocycles. The first kappa shape index (κ1) is 24.3. The van der Waals surface area contributed by atoms with E-state index >= 15 is 0 Å². The highest BCUT2D eigenvalue weighted by molar-refractivity contribution is 7.18. The fourth-order valence-corrected chi connectivity index (χ4v) is 5.28. The molecule has 1 saturated heterocycles. The van der Waals surface area contributed by atoms with E-state index in [0.29, 0.717) is 22.4 Å². The van der Waals surface area contributed by atoms with Crippen LogP contribution in [-0.2, 0) is 23.1 Å². The zero-order valence-electron chi connectivity index (χ0n) is 18.2. The van der Waals surface area contributed by atoms with E-state index in [-0.39, 0.29) is 36.0 Å². The fraction of sp³-hybridized carbons (Fsp3) is 0.391. The number of carbonyl (C=O) groups excluding carboxylic acids is 1. The molecule has 5 nitrogen and oxygen atoms in total. The second-order valence-corrected chi connectivity index (χ2v) is 9.69. The minimum Gasteiger partial charge on any atom is -0.386 e. The Morgan fingerprint density at radius 1 is 1.24 bits per heavy atom. The molecule has 0 saturated carbocycles. The Morgan fingerprint density at radius 2 is 1.94 bits per heavy atom. The first-order chi connectivity index (χ1) is 15.8. The summed E-state index contributed by atoms with van der Waals surface area (Å²) in [5.41, 5.74) is -3.16. The van der Waals surface area contributed by atoms with Crippen LogP contribution in [0.3, 0.4) is 0 Å². The van der Waals surface area contributed by atoms with Crippen molar-refractivity contribution in [2.45, 2.75) is 44.8 Å². The SMILES string of the molecule is CC(C)(O)c1cn(CC(=O)N2CCC(F)C2)c(=O)c2c(-c3ccc(F)c(C(F)(F)F)c3)csc12. The predicted molar refractivity (Wildman–Crippen MR) is 118 cm³/mol. The number of alkyl halides is 4. The van der Waals surface area contributed by atoms with Gasteiger partial charge in [0.15, 0.2) is 0 Å². The number of pyridine rings is 1. The van der Waals surface area contributed by atoms with Gasteiger partial charge in [-0.1, -0.05) is 6.07 Å². The van der Waals surface area contributed by atoms with Gasteiger partial charge in [0, 0.05) is 33.9 Å². The molecule has 3 heterocycles. The average Bonchev–Trinajstić information content (AvgIpc) is 3.35. The summed E-state index contributed by atoms with van der Waals surface area (Å²) in [5.74, 6) is -1.92. The van der Waals surface area contributed by atoms with Gasteiger partial charge in [-0.25, -0.2) is 8.78 Å². The van der Waals surface area contributed by atoms with Gasteiger partial charge < -0.3 is 14.6 Å². The van der Waals surface area contributed by atoms with Crippen LogP contribution in [0, 0.1) is 5.82 Å². The lowest BCUT2D eigenvalue weighted by molar-refractivity contribution is -0.140. The maximum atomic E-state index is 13.8. The number of hydrogen-bond donors (Lipinski definition) is 1. The van der Waals surface area contributed by atoms with Crippen molar-refractivity contribution < 1.29 is 31.9 Å². The molecular weight excluding hydrogens is 479 g/mol. The van der Waals surface area contributed by atoms with Gasteiger partial charge in [0.1, 0.15) is 18.5 Å². The van der Waals surface area contributed by atoms with E-state index in [1.807, 2.05) is 0 Å². The lowest BCUT2D eigenvalue weighted by atomic mass is 9.96. The summed E-state index contributed by atoms with van der Waals surface area (Å²) in [5, 5.41) is 12.2. The van der Waals surface area contributed by atoms with Crippen LogP contribution in [0.25, 0.3) is 21.2 Å². The van der Waals surface area contributed by atoms with Crippen LogP contribution >= 0.6 is 11.3 Å². The third kappa shape index (κ3) is 4.46. The van der Waals surface area contributed by atoms with Crippen molar-refractivity contribution in [3.63, 3.8) is 0 Å². The third-order valence-electron chi connectivity index (χ3n) is 5.83. The summed E-state index contributed by atoms with van der Waals surface area (Å²) in [6.45, 7) is 2.68. The Bertz CT molecular complexity index is 1320. The Kier molecular flexibility index (Phi) is 6.05. The molecule has 0 bridgehead atoms. The van der Waals surface area contributed by atoms with E-state index in [1.54, 1.807) is 0 Å². The van der Waals surface area contributed by atoms with Crippen LogP contribution in [0.2, 0.25) is 0 Å². The van der Waals surface area contributed by atoms with Crippen molar-refractivity contribution in [3.8, 4) is 11.1 Å². The van der Waals surface area contributed by atoms with Crippen LogP contribution in [-0.4, -0.2) is 39.7 Å². The summed E-state index contributed by atoms with van der Waals surface area (Å²) in [6, 6.07) is 2.46.